The molecule has 0 aliphatic rings. The van der Waals surface area contributed by atoms with Crippen LogP contribution < -0.4 is 5.56 Å². The largest absolute Gasteiger partial charge is 0.422 e. The quantitative estimate of drug-likeness (QED) is 0.619. The predicted octanol–water partition coefficient (Wildman–Crippen LogP) is 2.94. The van der Waals surface area contributed by atoms with Gasteiger partial charge in [0.2, 0.25) is 0 Å². The van der Waals surface area contributed by atoms with E-state index in [1.165, 1.54) is 0 Å². The molecule has 15 heavy (non-hydrogen) atoms. The van der Waals surface area contributed by atoms with Crippen LogP contribution in [0.5, 0.6) is 0 Å². The molecule has 2 nitrogen and oxygen atoms in total. The number of aromatic nitrogens is 1. The highest BCUT2D eigenvalue weighted by molar-refractivity contribution is 14.1. The van der Waals surface area contributed by atoms with Crippen LogP contribution in [0.25, 0.3) is 0 Å². The molecule has 0 radical (unpaired) electrons. The first kappa shape index (κ1) is 12.4. The van der Waals surface area contributed by atoms with Gasteiger partial charge in [-0.2, -0.15) is 13.2 Å². The lowest BCUT2D eigenvalue weighted by atomic mass is 10.2. The molecule has 84 valence electrons. The number of halogens is 6. The normalized spacial score (nSPS) is 12.2. The number of aromatic amines is 1. The number of nitrogens with one attached hydrogen (secondary N) is 1. The van der Waals surface area contributed by atoms with E-state index in [0.29, 0.717) is 6.20 Å². The Morgan fingerprint density at radius 1 is 1.33 bits per heavy atom. The smallest absolute Gasteiger partial charge is 0.328 e. The van der Waals surface area contributed by atoms with Gasteiger partial charge in [0.05, 0.1) is 0 Å². The Labute approximate surface area is 93.6 Å². The van der Waals surface area contributed by atoms with E-state index in [1.807, 2.05) is 0 Å². The van der Waals surface area contributed by atoms with E-state index in [4.69, 9.17) is 0 Å². The molecule has 1 aromatic rings. The van der Waals surface area contributed by atoms with E-state index in [0.717, 1.165) is 22.6 Å². The lowest BCUT2D eigenvalue weighted by Gasteiger charge is -2.10. The molecule has 1 heterocycles. The minimum Gasteiger partial charge on any atom is -0.328 e. The maximum absolute atomic E-state index is 12.3. The monoisotopic (exact) mass is 339 g/mol. The Balaban J connectivity index is 3.51. The summed E-state index contributed by atoms with van der Waals surface area (Å²) in [4.78, 5) is 12.5. The number of H-pyrrole nitrogens is 1. The minimum absolute atomic E-state index is 0.587. The van der Waals surface area contributed by atoms with Crippen molar-refractivity contribution in [2.45, 2.75) is 12.6 Å². The van der Waals surface area contributed by atoms with Gasteiger partial charge in [-0.3, -0.25) is 4.79 Å². The van der Waals surface area contributed by atoms with Gasteiger partial charge < -0.3 is 4.98 Å². The van der Waals surface area contributed by atoms with Crippen LogP contribution in [-0.4, -0.2) is 4.98 Å². The second-order valence-corrected chi connectivity index (χ2v) is 3.64. The standard InChI is InChI=1S/C7H3F5INO/c8-5(9)2-1-14-6(15)3(4(2)13)7(10,11)12/h1,5H,(H,14,15). The van der Waals surface area contributed by atoms with Gasteiger partial charge in [0.15, 0.2) is 0 Å². The average Bonchev–Trinajstić information content (AvgIpc) is 2.00. The Kier molecular flexibility index (Phi) is 3.36. The first-order chi connectivity index (χ1) is 6.75. The van der Waals surface area contributed by atoms with Crippen molar-refractivity contribution in [3.05, 3.63) is 31.2 Å². The summed E-state index contributed by atoms with van der Waals surface area (Å²) < 4.78 is 60.6. The molecule has 8 heteroatoms. The minimum atomic E-state index is -4.94. The van der Waals surface area contributed by atoms with Crippen LogP contribution in [0, 0.1) is 3.57 Å². The summed E-state index contributed by atoms with van der Waals surface area (Å²) in [5, 5.41) is 0. The lowest BCUT2D eigenvalue weighted by Crippen LogP contribution is -2.24. The van der Waals surface area contributed by atoms with Gasteiger partial charge in [-0.1, -0.05) is 0 Å². The zero-order valence-corrected chi connectivity index (χ0v) is 8.99. The zero-order valence-electron chi connectivity index (χ0n) is 6.83. The summed E-state index contributed by atoms with van der Waals surface area (Å²) >= 11 is 1.09. The predicted molar refractivity (Wildman–Crippen MR) is 49.7 cm³/mol. The summed E-state index contributed by atoms with van der Waals surface area (Å²) in [6.07, 6.45) is -7.41. The van der Waals surface area contributed by atoms with Crippen molar-refractivity contribution in [2.75, 3.05) is 0 Å². The van der Waals surface area contributed by atoms with Gasteiger partial charge in [0.1, 0.15) is 5.56 Å². The van der Waals surface area contributed by atoms with Gasteiger partial charge in [-0.15, -0.1) is 0 Å². The highest BCUT2D eigenvalue weighted by atomic mass is 127. The van der Waals surface area contributed by atoms with Gasteiger partial charge >= 0.3 is 6.18 Å². The van der Waals surface area contributed by atoms with E-state index in [2.05, 4.69) is 0 Å². The second kappa shape index (κ2) is 4.06. The zero-order chi connectivity index (χ0) is 11.8. The molecular formula is C7H3F5INO. The molecule has 0 bridgehead atoms. The number of pyridine rings is 1. The second-order valence-electron chi connectivity index (χ2n) is 2.56. The number of alkyl halides is 5. The van der Waals surface area contributed by atoms with Gasteiger partial charge in [0, 0.05) is 15.3 Å². The molecule has 0 saturated heterocycles. The van der Waals surface area contributed by atoms with E-state index < -0.39 is 32.9 Å². The Hall–Kier alpha value is -0.670. The molecule has 0 aliphatic heterocycles. The molecule has 1 N–H and O–H groups in total. The molecule has 1 rings (SSSR count). The fourth-order valence-corrected chi connectivity index (χ4v) is 1.88. The summed E-state index contributed by atoms with van der Waals surface area (Å²) in [5.74, 6) is 0. The Bertz CT molecular complexity index is 424. The molecular weight excluding hydrogens is 336 g/mol. The third kappa shape index (κ3) is 2.47. The van der Waals surface area contributed by atoms with E-state index >= 15 is 0 Å². The van der Waals surface area contributed by atoms with Crippen molar-refractivity contribution < 1.29 is 22.0 Å². The molecule has 0 aromatic carbocycles. The van der Waals surface area contributed by atoms with Crippen molar-refractivity contribution in [2.24, 2.45) is 0 Å². The van der Waals surface area contributed by atoms with E-state index in [1.54, 1.807) is 4.98 Å². The van der Waals surface area contributed by atoms with Gasteiger partial charge in [-0.25, -0.2) is 8.78 Å². The van der Waals surface area contributed by atoms with Crippen LogP contribution >= 0.6 is 22.6 Å². The average molecular weight is 339 g/mol. The van der Waals surface area contributed by atoms with Crippen molar-refractivity contribution in [3.8, 4) is 0 Å². The van der Waals surface area contributed by atoms with Crippen molar-refractivity contribution in [3.63, 3.8) is 0 Å². The van der Waals surface area contributed by atoms with Crippen LogP contribution in [0.1, 0.15) is 17.6 Å². The number of hydrogen-bond donors (Lipinski definition) is 1. The fourth-order valence-electron chi connectivity index (χ4n) is 0.935. The molecule has 0 atom stereocenters. The highest BCUT2D eigenvalue weighted by Crippen LogP contribution is 2.33. The SMILES string of the molecule is O=c1[nH]cc(C(F)F)c(I)c1C(F)(F)F. The maximum atomic E-state index is 12.3. The molecule has 0 unspecified atom stereocenters. The van der Waals surface area contributed by atoms with Gasteiger partial charge in [-0.05, 0) is 22.6 Å². The molecule has 0 spiro atoms. The highest BCUT2D eigenvalue weighted by Gasteiger charge is 2.38. The summed E-state index contributed by atoms with van der Waals surface area (Å²) in [6.45, 7) is 0. The third-order valence-electron chi connectivity index (χ3n) is 1.58. The third-order valence-corrected chi connectivity index (χ3v) is 2.74. The van der Waals surface area contributed by atoms with E-state index in [-0.39, 0.29) is 0 Å². The van der Waals surface area contributed by atoms with Crippen LogP contribution in [0.4, 0.5) is 22.0 Å². The van der Waals surface area contributed by atoms with Crippen molar-refractivity contribution in [1.29, 1.82) is 0 Å². The van der Waals surface area contributed by atoms with Crippen LogP contribution in [-0.2, 0) is 6.18 Å². The van der Waals surface area contributed by atoms with E-state index in [9.17, 15) is 26.7 Å². The number of rotatable bonds is 1. The summed E-state index contributed by atoms with van der Waals surface area (Å²) in [6, 6.07) is 0. The van der Waals surface area contributed by atoms with Crippen molar-refractivity contribution >= 4 is 22.6 Å². The van der Waals surface area contributed by atoms with Crippen LogP contribution in [0.3, 0.4) is 0 Å². The topological polar surface area (TPSA) is 32.9 Å². The molecule has 0 saturated carbocycles. The fraction of sp³-hybridized carbons (Fsp3) is 0.286. The van der Waals surface area contributed by atoms with Crippen molar-refractivity contribution in [1.82, 2.24) is 4.98 Å². The van der Waals surface area contributed by atoms with Gasteiger partial charge in [0.25, 0.3) is 12.0 Å². The summed E-state index contributed by atoms with van der Waals surface area (Å²) in [7, 11) is 0. The Morgan fingerprint density at radius 3 is 2.27 bits per heavy atom. The molecule has 0 fully saturated rings. The maximum Gasteiger partial charge on any atom is 0.422 e. The van der Waals surface area contributed by atoms with Crippen LogP contribution in [0.15, 0.2) is 11.0 Å². The summed E-state index contributed by atoms with van der Waals surface area (Å²) in [5.41, 5.74) is -3.83. The molecule has 0 aliphatic carbocycles. The lowest BCUT2D eigenvalue weighted by molar-refractivity contribution is -0.139. The molecule has 1 aromatic heterocycles. The first-order valence-corrected chi connectivity index (χ1v) is 4.59. The Morgan fingerprint density at radius 2 is 1.87 bits per heavy atom. The molecule has 0 amide bonds. The first-order valence-electron chi connectivity index (χ1n) is 3.51. The van der Waals surface area contributed by atoms with Crippen LogP contribution in [0.2, 0.25) is 0 Å². The number of hydrogen-bond acceptors (Lipinski definition) is 1.